The molecule has 1 aliphatic carbocycles. The van der Waals surface area contributed by atoms with Gasteiger partial charge in [0.2, 0.25) is 0 Å². The molecule has 0 spiro atoms. The Morgan fingerprint density at radius 3 is 2.65 bits per heavy atom. The van der Waals surface area contributed by atoms with Crippen LogP contribution in [0, 0.1) is 5.41 Å². The Morgan fingerprint density at radius 2 is 1.90 bits per heavy atom. The van der Waals surface area contributed by atoms with Crippen LogP contribution in [0.15, 0.2) is 46.6 Å². The lowest BCUT2D eigenvalue weighted by Crippen LogP contribution is -2.33. The maximum Gasteiger partial charge on any atom is 0.167 e. The lowest BCUT2D eigenvalue weighted by Gasteiger charge is -2.32. The fourth-order valence-corrected chi connectivity index (χ4v) is 3.03. The molecule has 1 aliphatic heterocycles. The molecule has 1 aromatic rings. The minimum Gasteiger partial charge on any atom is -0.386 e. The lowest BCUT2D eigenvalue weighted by atomic mass is 9.74. The van der Waals surface area contributed by atoms with Gasteiger partial charge in [-0.25, -0.2) is 0 Å². The van der Waals surface area contributed by atoms with Crippen LogP contribution in [0.4, 0.5) is 0 Å². The molecule has 20 heavy (non-hydrogen) atoms. The van der Waals surface area contributed by atoms with Gasteiger partial charge in [-0.15, -0.1) is 0 Å². The summed E-state index contributed by atoms with van der Waals surface area (Å²) >= 11 is 0. The van der Waals surface area contributed by atoms with Gasteiger partial charge in [-0.05, 0) is 11.8 Å². The number of hydrogen-bond donors (Lipinski definition) is 1. The van der Waals surface area contributed by atoms with Gasteiger partial charge in [0.15, 0.2) is 5.78 Å². The van der Waals surface area contributed by atoms with Gasteiger partial charge < -0.3 is 5.32 Å². The number of ketones is 1. The van der Waals surface area contributed by atoms with Gasteiger partial charge in [-0.2, -0.15) is 0 Å². The van der Waals surface area contributed by atoms with Crippen molar-refractivity contribution in [2.75, 3.05) is 13.1 Å². The summed E-state index contributed by atoms with van der Waals surface area (Å²) in [6.07, 6.45) is 1.51. The SMILES string of the molecule is CC1(C)CC(=O)C2=C(C1)NCCN=C2c1ccccc1. The van der Waals surface area contributed by atoms with Crippen LogP contribution >= 0.6 is 0 Å². The number of Topliss-reactive ketones (excluding diaryl/α,β-unsaturated/α-hetero) is 1. The molecule has 2 aliphatic rings. The van der Waals surface area contributed by atoms with Crippen molar-refractivity contribution < 1.29 is 4.79 Å². The highest BCUT2D eigenvalue weighted by Gasteiger charge is 2.35. The van der Waals surface area contributed by atoms with E-state index in [0.717, 1.165) is 35.5 Å². The van der Waals surface area contributed by atoms with Gasteiger partial charge >= 0.3 is 0 Å². The molecule has 0 fully saturated rings. The Hall–Kier alpha value is -1.90. The second-order valence-corrected chi connectivity index (χ2v) is 6.32. The summed E-state index contributed by atoms with van der Waals surface area (Å²) in [7, 11) is 0. The maximum absolute atomic E-state index is 12.6. The molecule has 0 saturated heterocycles. The first-order valence-corrected chi connectivity index (χ1v) is 7.17. The van der Waals surface area contributed by atoms with E-state index in [-0.39, 0.29) is 11.2 Å². The molecule has 1 N–H and O–H groups in total. The predicted octanol–water partition coefficient (Wildman–Crippen LogP) is 2.72. The van der Waals surface area contributed by atoms with Crippen molar-refractivity contribution in [1.29, 1.82) is 0 Å². The molecule has 0 unspecified atom stereocenters. The second-order valence-electron chi connectivity index (χ2n) is 6.32. The number of benzene rings is 1. The number of nitrogens with one attached hydrogen (secondary N) is 1. The molecule has 3 nitrogen and oxygen atoms in total. The normalized spacial score (nSPS) is 21.7. The van der Waals surface area contributed by atoms with Gasteiger partial charge in [-0.1, -0.05) is 44.2 Å². The minimum atomic E-state index is 0.0368. The largest absolute Gasteiger partial charge is 0.386 e. The number of rotatable bonds is 1. The smallest absolute Gasteiger partial charge is 0.167 e. The Balaban J connectivity index is 2.10. The third-order valence-corrected chi connectivity index (χ3v) is 3.88. The van der Waals surface area contributed by atoms with E-state index in [2.05, 4.69) is 24.2 Å². The summed E-state index contributed by atoms with van der Waals surface area (Å²) in [6, 6.07) is 10.0. The molecular formula is C17H20N2O. The van der Waals surface area contributed by atoms with Crippen molar-refractivity contribution in [2.45, 2.75) is 26.7 Å². The third-order valence-electron chi connectivity index (χ3n) is 3.88. The van der Waals surface area contributed by atoms with Gasteiger partial charge in [0, 0.05) is 24.2 Å². The van der Waals surface area contributed by atoms with E-state index in [9.17, 15) is 4.79 Å². The first-order chi connectivity index (χ1) is 9.57. The van der Waals surface area contributed by atoms with Gasteiger partial charge in [-0.3, -0.25) is 9.79 Å². The van der Waals surface area contributed by atoms with E-state index >= 15 is 0 Å². The molecule has 3 rings (SSSR count). The summed E-state index contributed by atoms with van der Waals surface area (Å²) in [5, 5.41) is 3.41. The third kappa shape index (κ3) is 2.40. The van der Waals surface area contributed by atoms with Crippen LogP contribution in [0.5, 0.6) is 0 Å². The number of allylic oxidation sites excluding steroid dienone is 2. The highest BCUT2D eigenvalue weighted by Crippen LogP contribution is 2.37. The molecule has 1 aromatic carbocycles. The summed E-state index contributed by atoms with van der Waals surface area (Å²) in [5.74, 6) is 0.216. The molecule has 104 valence electrons. The monoisotopic (exact) mass is 268 g/mol. The van der Waals surface area contributed by atoms with Crippen molar-refractivity contribution in [2.24, 2.45) is 10.4 Å². The number of carbonyl (C=O) groups excluding carboxylic acids is 1. The van der Waals surface area contributed by atoms with Gasteiger partial charge in [0.25, 0.3) is 0 Å². The van der Waals surface area contributed by atoms with E-state index in [1.54, 1.807) is 0 Å². The number of nitrogens with zero attached hydrogens (tertiary/aromatic N) is 1. The molecule has 0 saturated carbocycles. The molecular weight excluding hydrogens is 248 g/mol. The topological polar surface area (TPSA) is 41.5 Å². The van der Waals surface area contributed by atoms with Gasteiger partial charge in [0.05, 0.1) is 17.8 Å². The quantitative estimate of drug-likeness (QED) is 0.851. The van der Waals surface area contributed by atoms with Crippen LogP contribution in [0.3, 0.4) is 0 Å². The molecule has 0 aromatic heterocycles. The maximum atomic E-state index is 12.6. The van der Waals surface area contributed by atoms with E-state index < -0.39 is 0 Å². The Labute approximate surface area is 119 Å². The van der Waals surface area contributed by atoms with E-state index in [1.807, 2.05) is 30.3 Å². The standard InChI is InChI=1S/C17H20N2O/c1-17(2)10-13-15(14(20)11-17)16(19-9-8-18-13)12-6-4-3-5-7-12/h3-7,18H,8-11H2,1-2H3. The molecule has 0 bridgehead atoms. The number of aliphatic imine (C=N–C) groups is 1. The van der Waals surface area contributed by atoms with E-state index in [1.165, 1.54) is 0 Å². The van der Waals surface area contributed by atoms with Crippen LogP contribution in [0.1, 0.15) is 32.3 Å². The zero-order valence-corrected chi connectivity index (χ0v) is 12.1. The fraction of sp³-hybridized carbons (Fsp3) is 0.412. The average molecular weight is 268 g/mol. The van der Waals surface area contributed by atoms with Crippen molar-refractivity contribution in [3.63, 3.8) is 0 Å². The van der Waals surface area contributed by atoms with Crippen molar-refractivity contribution in [1.82, 2.24) is 5.32 Å². The summed E-state index contributed by atoms with van der Waals surface area (Å²) in [4.78, 5) is 17.3. The second kappa shape index (κ2) is 4.89. The van der Waals surface area contributed by atoms with Crippen LogP contribution < -0.4 is 5.32 Å². The van der Waals surface area contributed by atoms with Crippen LogP contribution in [-0.4, -0.2) is 24.6 Å². The minimum absolute atomic E-state index is 0.0368. The lowest BCUT2D eigenvalue weighted by molar-refractivity contribution is -0.117. The summed E-state index contributed by atoms with van der Waals surface area (Å²) in [6.45, 7) is 5.82. The number of hydrogen-bond acceptors (Lipinski definition) is 3. The Kier molecular flexibility index (Phi) is 3.20. The average Bonchev–Trinajstić information content (AvgIpc) is 2.60. The summed E-state index contributed by atoms with van der Waals surface area (Å²) < 4.78 is 0. The zero-order chi connectivity index (χ0) is 14.2. The number of carbonyl (C=O) groups is 1. The van der Waals surface area contributed by atoms with Crippen LogP contribution in [0.2, 0.25) is 0 Å². The Bertz CT molecular complexity index is 597. The Morgan fingerprint density at radius 1 is 1.15 bits per heavy atom. The van der Waals surface area contributed by atoms with Gasteiger partial charge in [0.1, 0.15) is 0 Å². The highest BCUT2D eigenvalue weighted by atomic mass is 16.1. The summed E-state index contributed by atoms with van der Waals surface area (Å²) in [5.41, 5.74) is 3.83. The zero-order valence-electron chi connectivity index (χ0n) is 12.1. The van der Waals surface area contributed by atoms with Crippen molar-refractivity contribution in [3.8, 4) is 0 Å². The highest BCUT2D eigenvalue weighted by molar-refractivity contribution is 6.29. The van der Waals surface area contributed by atoms with E-state index in [0.29, 0.717) is 13.0 Å². The molecule has 0 atom stereocenters. The van der Waals surface area contributed by atoms with Crippen LogP contribution in [0.25, 0.3) is 0 Å². The van der Waals surface area contributed by atoms with Crippen molar-refractivity contribution >= 4 is 11.5 Å². The molecule has 0 amide bonds. The first-order valence-electron chi connectivity index (χ1n) is 7.17. The van der Waals surface area contributed by atoms with Crippen LogP contribution in [-0.2, 0) is 4.79 Å². The van der Waals surface area contributed by atoms with E-state index in [4.69, 9.17) is 0 Å². The predicted molar refractivity (Wildman–Crippen MR) is 80.9 cm³/mol. The molecule has 1 heterocycles. The molecule has 0 radical (unpaired) electrons. The molecule has 3 heteroatoms. The van der Waals surface area contributed by atoms with Crippen molar-refractivity contribution in [3.05, 3.63) is 47.2 Å². The first kappa shape index (κ1) is 13.1. The fourth-order valence-electron chi connectivity index (χ4n) is 3.03.